The van der Waals surface area contributed by atoms with Gasteiger partial charge in [0.15, 0.2) is 0 Å². The average Bonchev–Trinajstić information content (AvgIpc) is 2.95. The molecule has 3 N–H and O–H groups in total. The van der Waals surface area contributed by atoms with Crippen molar-refractivity contribution in [1.82, 2.24) is 10.2 Å². The van der Waals surface area contributed by atoms with E-state index in [-0.39, 0.29) is 12.3 Å². The molecule has 1 amide bonds. The number of carbonyl (C=O) groups is 1. The van der Waals surface area contributed by atoms with Crippen molar-refractivity contribution >= 4 is 34.1 Å². The second-order valence-corrected chi connectivity index (χ2v) is 5.43. The van der Waals surface area contributed by atoms with Gasteiger partial charge < -0.3 is 10.4 Å². The molecule has 2 aromatic carbocycles. The van der Waals surface area contributed by atoms with E-state index in [0.29, 0.717) is 16.3 Å². The van der Waals surface area contributed by atoms with Crippen molar-refractivity contribution < 1.29 is 9.90 Å². The van der Waals surface area contributed by atoms with Gasteiger partial charge in [0.25, 0.3) is 0 Å². The Balaban J connectivity index is 1.65. The summed E-state index contributed by atoms with van der Waals surface area (Å²) >= 11 is 5.80. The SMILES string of the molecule is O=C(CC(O)c1ccc(Cl)cc1)Nc1ccc2[nH]ncc2c1. The van der Waals surface area contributed by atoms with Crippen LogP contribution in [0.2, 0.25) is 5.02 Å². The van der Waals surface area contributed by atoms with Gasteiger partial charge in [0, 0.05) is 16.1 Å². The number of aromatic nitrogens is 2. The van der Waals surface area contributed by atoms with Crippen LogP contribution in [0.15, 0.2) is 48.7 Å². The number of hydrogen-bond acceptors (Lipinski definition) is 3. The van der Waals surface area contributed by atoms with Crippen molar-refractivity contribution in [3.8, 4) is 0 Å². The predicted octanol–water partition coefficient (Wildman–Crippen LogP) is 3.28. The first-order valence-corrected chi connectivity index (χ1v) is 7.16. The molecular formula is C16H14ClN3O2. The molecule has 5 nitrogen and oxygen atoms in total. The van der Waals surface area contributed by atoms with Crippen molar-refractivity contribution in [2.45, 2.75) is 12.5 Å². The molecule has 0 aliphatic rings. The monoisotopic (exact) mass is 315 g/mol. The summed E-state index contributed by atoms with van der Waals surface area (Å²) in [5, 5.41) is 21.1. The van der Waals surface area contributed by atoms with Crippen molar-refractivity contribution in [1.29, 1.82) is 0 Å². The zero-order valence-electron chi connectivity index (χ0n) is 11.6. The minimum Gasteiger partial charge on any atom is -0.388 e. The van der Waals surface area contributed by atoms with E-state index < -0.39 is 6.10 Å². The molecule has 1 atom stereocenters. The van der Waals surface area contributed by atoms with Gasteiger partial charge in [-0.05, 0) is 35.9 Å². The third kappa shape index (κ3) is 3.27. The summed E-state index contributed by atoms with van der Waals surface area (Å²) in [6.45, 7) is 0. The number of H-pyrrole nitrogens is 1. The molecule has 6 heteroatoms. The summed E-state index contributed by atoms with van der Waals surface area (Å²) in [6.07, 6.45) is 0.799. The Kier molecular flexibility index (Phi) is 4.09. The number of carbonyl (C=O) groups excluding carboxylic acids is 1. The molecule has 1 aromatic heterocycles. The second kappa shape index (κ2) is 6.17. The largest absolute Gasteiger partial charge is 0.388 e. The minimum atomic E-state index is -0.866. The summed E-state index contributed by atoms with van der Waals surface area (Å²) in [6, 6.07) is 12.2. The molecule has 0 saturated heterocycles. The standard InChI is InChI=1S/C16H14ClN3O2/c17-12-3-1-10(2-4-12)15(21)8-16(22)19-13-5-6-14-11(7-13)9-18-20-14/h1-7,9,15,21H,8H2,(H,18,20)(H,19,22). The number of fused-ring (bicyclic) bond motifs is 1. The van der Waals surface area contributed by atoms with Gasteiger partial charge in [0.2, 0.25) is 5.91 Å². The first-order chi connectivity index (χ1) is 10.6. The summed E-state index contributed by atoms with van der Waals surface area (Å²) < 4.78 is 0. The lowest BCUT2D eigenvalue weighted by Gasteiger charge is -2.11. The van der Waals surface area contributed by atoms with E-state index in [2.05, 4.69) is 15.5 Å². The van der Waals surface area contributed by atoms with Crippen LogP contribution in [-0.2, 0) is 4.79 Å². The maximum absolute atomic E-state index is 12.0. The van der Waals surface area contributed by atoms with Crippen LogP contribution < -0.4 is 5.32 Å². The van der Waals surface area contributed by atoms with Gasteiger partial charge in [0.1, 0.15) is 0 Å². The highest BCUT2D eigenvalue weighted by Crippen LogP contribution is 2.21. The maximum atomic E-state index is 12.0. The molecule has 0 bridgehead atoms. The number of amides is 1. The highest BCUT2D eigenvalue weighted by atomic mass is 35.5. The molecule has 0 saturated carbocycles. The number of halogens is 1. The van der Waals surface area contributed by atoms with E-state index in [1.165, 1.54) is 0 Å². The van der Waals surface area contributed by atoms with Crippen LogP contribution in [0.5, 0.6) is 0 Å². The number of aliphatic hydroxyl groups excluding tert-OH is 1. The number of hydrogen-bond donors (Lipinski definition) is 3. The summed E-state index contributed by atoms with van der Waals surface area (Å²) in [7, 11) is 0. The van der Waals surface area contributed by atoms with Gasteiger partial charge in [-0.1, -0.05) is 23.7 Å². The first-order valence-electron chi connectivity index (χ1n) is 6.78. The lowest BCUT2D eigenvalue weighted by atomic mass is 10.1. The third-order valence-electron chi connectivity index (χ3n) is 3.36. The van der Waals surface area contributed by atoms with E-state index in [1.54, 1.807) is 36.5 Å². The molecule has 0 spiro atoms. The van der Waals surface area contributed by atoms with E-state index in [4.69, 9.17) is 11.6 Å². The van der Waals surface area contributed by atoms with Crippen molar-refractivity contribution in [2.75, 3.05) is 5.32 Å². The number of anilines is 1. The Hall–Kier alpha value is -2.37. The Morgan fingerprint density at radius 1 is 1.27 bits per heavy atom. The lowest BCUT2D eigenvalue weighted by Crippen LogP contribution is -2.15. The molecule has 112 valence electrons. The van der Waals surface area contributed by atoms with Gasteiger partial charge >= 0.3 is 0 Å². The highest BCUT2D eigenvalue weighted by molar-refractivity contribution is 6.30. The van der Waals surface area contributed by atoms with Crippen LogP contribution in [0.25, 0.3) is 10.9 Å². The Bertz CT molecular complexity index is 799. The third-order valence-corrected chi connectivity index (χ3v) is 3.61. The quantitative estimate of drug-likeness (QED) is 0.691. The fourth-order valence-corrected chi connectivity index (χ4v) is 2.34. The molecule has 1 unspecified atom stereocenters. The lowest BCUT2D eigenvalue weighted by molar-refractivity contribution is -0.118. The fraction of sp³-hybridized carbons (Fsp3) is 0.125. The molecule has 0 aliphatic heterocycles. The number of nitrogens with one attached hydrogen (secondary N) is 2. The molecule has 1 heterocycles. The van der Waals surface area contributed by atoms with E-state index in [0.717, 1.165) is 10.9 Å². The molecule has 0 aliphatic carbocycles. The Labute approximate surface area is 131 Å². The van der Waals surface area contributed by atoms with Gasteiger partial charge in [-0.25, -0.2) is 0 Å². The van der Waals surface area contributed by atoms with Gasteiger partial charge in [-0.3, -0.25) is 9.89 Å². The number of aliphatic hydroxyl groups is 1. The zero-order valence-corrected chi connectivity index (χ0v) is 12.3. The van der Waals surface area contributed by atoms with Gasteiger partial charge in [-0.2, -0.15) is 5.10 Å². The van der Waals surface area contributed by atoms with Crippen LogP contribution in [-0.4, -0.2) is 21.2 Å². The molecule has 3 aromatic rings. The highest BCUT2D eigenvalue weighted by Gasteiger charge is 2.13. The maximum Gasteiger partial charge on any atom is 0.227 e. The number of rotatable bonds is 4. The Morgan fingerprint density at radius 2 is 2.05 bits per heavy atom. The minimum absolute atomic E-state index is 0.0228. The van der Waals surface area contributed by atoms with Crippen molar-refractivity contribution in [3.05, 3.63) is 59.2 Å². The van der Waals surface area contributed by atoms with E-state index in [1.807, 2.05) is 12.1 Å². The average molecular weight is 316 g/mol. The van der Waals surface area contributed by atoms with Crippen LogP contribution in [0.1, 0.15) is 18.1 Å². The predicted molar refractivity (Wildman–Crippen MR) is 85.8 cm³/mol. The molecule has 3 rings (SSSR count). The Morgan fingerprint density at radius 3 is 2.82 bits per heavy atom. The van der Waals surface area contributed by atoms with Crippen molar-refractivity contribution in [3.63, 3.8) is 0 Å². The summed E-state index contributed by atoms with van der Waals surface area (Å²) in [5.41, 5.74) is 2.23. The first kappa shape index (κ1) is 14.6. The van der Waals surface area contributed by atoms with E-state index >= 15 is 0 Å². The number of benzene rings is 2. The smallest absolute Gasteiger partial charge is 0.227 e. The van der Waals surface area contributed by atoms with Gasteiger partial charge in [0.05, 0.1) is 24.2 Å². The topological polar surface area (TPSA) is 78.0 Å². The zero-order chi connectivity index (χ0) is 15.5. The summed E-state index contributed by atoms with van der Waals surface area (Å²) in [5.74, 6) is -0.259. The van der Waals surface area contributed by atoms with Crippen LogP contribution in [0, 0.1) is 0 Å². The normalized spacial score (nSPS) is 12.3. The summed E-state index contributed by atoms with van der Waals surface area (Å²) in [4.78, 5) is 12.0. The van der Waals surface area contributed by atoms with Crippen LogP contribution >= 0.6 is 11.6 Å². The molecule has 0 radical (unpaired) electrons. The molecule has 0 fully saturated rings. The van der Waals surface area contributed by atoms with Crippen molar-refractivity contribution in [2.24, 2.45) is 0 Å². The fourth-order valence-electron chi connectivity index (χ4n) is 2.21. The van der Waals surface area contributed by atoms with E-state index in [9.17, 15) is 9.90 Å². The molecular weight excluding hydrogens is 302 g/mol. The number of aromatic amines is 1. The van der Waals surface area contributed by atoms with Crippen LogP contribution in [0.4, 0.5) is 5.69 Å². The van der Waals surface area contributed by atoms with Crippen LogP contribution in [0.3, 0.4) is 0 Å². The second-order valence-electron chi connectivity index (χ2n) is 4.99. The number of nitrogens with zero attached hydrogens (tertiary/aromatic N) is 1. The molecule has 22 heavy (non-hydrogen) atoms. The van der Waals surface area contributed by atoms with Gasteiger partial charge in [-0.15, -0.1) is 0 Å².